The number of hydrazone groups is 1. The largest absolute Gasteiger partial charge is 0.464 e. The van der Waals surface area contributed by atoms with Crippen LogP contribution in [0.25, 0.3) is 11.0 Å². The van der Waals surface area contributed by atoms with Crippen molar-refractivity contribution in [2.45, 2.75) is 13.8 Å². The van der Waals surface area contributed by atoms with Crippen molar-refractivity contribution < 1.29 is 14.3 Å². The number of carbonyl (C=O) groups is 1. The van der Waals surface area contributed by atoms with E-state index in [9.17, 15) is 4.79 Å². The minimum absolute atomic E-state index is 0.299. The topological polar surface area (TPSA) is 66.0 Å². The van der Waals surface area contributed by atoms with Gasteiger partial charge in [0.05, 0.1) is 0 Å². The first-order valence-corrected chi connectivity index (χ1v) is 5.66. The number of rotatable bonds is 3. The van der Waals surface area contributed by atoms with E-state index in [-0.39, 0.29) is 0 Å². The van der Waals surface area contributed by atoms with Crippen LogP contribution in [0.4, 0.5) is 4.79 Å². The standard InChI is InChI=1S/C13H14N2O3/c1-3-15(13(16)17)14-9(2)12-8-10-6-4-5-7-11(10)18-12/h4-8H,3H2,1-2H3,(H,16,17)/b14-9-. The van der Waals surface area contributed by atoms with Gasteiger partial charge in [0.25, 0.3) is 0 Å². The lowest BCUT2D eigenvalue weighted by molar-refractivity contribution is 0.149. The minimum atomic E-state index is -1.08. The average molecular weight is 246 g/mol. The van der Waals surface area contributed by atoms with Crippen LogP contribution in [-0.2, 0) is 0 Å². The van der Waals surface area contributed by atoms with E-state index < -0.39 is 6.09 Å². The molecule has 18 heavy (non-hydrogen) atoms. The second kappa shape index (κ2) is 4.91. The zero-order valence-electron chi connectivity index (χ0n) is 10.3. The number of carboxylic acid groups (broad SMARTS) is 1. The van der Waals surface area contributed by atoms with E-state index in [1.54, 1.807) is 13.8 Å². The summed E-state index contributed by atoms with van der Waals surface area (Å²) in [5, 5.41) is 14.9. The molecule has 2 rings (SSSR count). The monoisotopic (exact) mass is 246 g/mol. The highest BCUT2D eigenvalue weighted by atomic mass is 16.4. The van der Waals surface area contributed by atoms with Crippen molar-refractivity contribution in [1.29, 1.82) is 0 Å². The first-order valence-electron chi connectivity index (χ1n) is 5.66. The van der Waals surface area contributed by atoms with Gasteiger partial charge in [0.15, 0.2) is 5.76 Å². The molecule has 0 radical (unpaired) electrons. The van der Waals surface area contributed by atoms with Gasteiger partial charge >= 0.3 is 6.09 Å². The molecule has 1 N–H and O–H groups in total. The van der Waals surface area contributed by atoms with Crippen LogP contribution in [-0.4, -0.2) is 28.5 Å². The first kappa shape index (κ1) is 12.2. The van der Waals surface area contributed by atoms with Gasteiger partial charge in [-0.15, -0.1) is 0 Å². The fraction of sp³-hybridized carbons (Fsp3) is 0.231. The third-order valence-corrected chi connectivity index (χ3v) is 2.57. The summed E-state index contributed by atoms with van der Waals surface area (Å²) < 4.78 is 5.60. The van der Waals surface area contributed by atoms with E-state index in [0.29, 0.717) is 18.0 Å². The van der Waals surface area contributed by atoms with Gasteiger partial charge in [-0.1, -0.05) is 18.2 Å². The highest BCUT2D eigenvalue weighted by Crippen LogP contribution is 2.19. The predicted molar refractivity (Wildman–Crippen MR) is 68.8 cm³/mol. The molecule has 5 nitrogen and oxygen atoms in total. The summed E-state index contributed by atoms with van der Waals surface area (Å²) >= 11 is 0. The molecule has 94 valence electrons. The van der Waals surface area contributed by atoms with Gasteiger partial charge in [-0.3, -0.25) is 0 Å². The van der Waals surface area contributed by atoms with Gasteiger partial charge in [0, 0.05) is 11.9 Å². The molecule has 0 bridgehead atoms. The summed E-state index contributed by atoms with van der Waals surface area (Å²) in [6.07, 6.45) is -1.08. The number of para-hydroxylation sites is 1. The Bertz CT molecular complexity index is 568. The molecule has 0 aliphatic heterocycles. The Morgan fingerprint density at radius 1 is 1.44 bits per heavy atom. The Morgan fingerprint density at radius 2 is 2.17 bits per heavy atom. The van der Waals surface area contributed by atoms with Gasteiger partial charge in [0.1, 0.15) is 11.3 Å². The molecule has 0 saturated carbocycles. The smallest absolute Gasteiger partial charge is 0.427 e. The van der Waals surface area contributed by atoms with E-state index in [0.717, 1.165) is 16.0 Å². The van der Waals surface area contributed by atoms with Crippen LogP contribution < -0.4 is 0 Å². The highest BCUT2D eigenvalue weighted by Gasteiger charge is 2.11. The lowest BCUT2D eigenvalue weighted by atomic mass is 10.2. The van der Waals surface area contributed by atoms with E-state index >= 15 is 0 Å². The maximum absolute atomic E-state index is 10.9. The first-order chi connectivity index (χ1) is 8.61. The molecule has 2 aromatic rings. The fourth-order valence-electron chi connectivity index (χ4n) is 1.64. The van der Waals surface area contributed by atoms with Crippen LogP contribution in [0, 0.1) is 0 Å². The van der Waals surface area contributed by atoms with Crippen molar-refractivity contribution in [3.63, 3.8) is 0 Å². The van der Waals surface area contributed by atoms with E-state index in [1.807, 2.05) is 30.3 Å². The quantitative estimate of drug-likeness (QED) is 0.668. The molecule has 0 spiro atoms. The Balaban J connectivity index is 2.35. The molecule has 1 aromatic heterocycles. The predicted octanol–water partition coefficient (Wildman–Crippen LogP) is 3.16. The highest BCUT2D eigenvalue weighted by molar-refractivity contribution is 5.99. The summed E-state index contributed by atoms with van der Waals surface area (Å²) in [5.41, 5.74) is 1.30. The van der Waals surface area contributed by atoms with E-state index in [4.69, 9.17) is 9.52 Å². The van der Waals surface area contributed by atoms with Gasteiger partial charge in [-0.2, -0.15) is 10.1 Å². The number of benzene rings is 1. The Labute approximate surface area is 104 Å². The van der Waals surface area contributed by atoms with E-state index in [1.165, 1.54) is 0 Å². The van der Waals surface area contributed by atoms with Crippen LogP contribution in [0.3, 0.4) is 0 Å². The average Bonchev–Trinajstić information content (AvgIpc) is 2.79. The third-order valence-electron chi connectivity index (χ3n) is 2.57. The minimum Gasteiger partial charge on any atom is -0.464 e. The molecule has 5 heteroatoms. The summed E-state index contributed by atoms with van der Waals surface area (Å²) in [4.78, 5) is 10.9. The van der Waals surface area contributed by atoms with Crippen LogP contribution in [0.2, 0.25) is 0 Å². The Hall–Kier alpha value is -2.30. The number of hydrogen-bond donors (Lipinski definition) is 1. The van der Waals surface area contributed by atoms with Crippen LogP contribution in [0.1, 0.15) is 19.6 Å². The van der Waals surface area contributed by atoms with E-state index in [2.05, 4.69) is 5.10 Å². The zero-order valence-corrected chi connectivity index (χ0v) is 10.3. The summed E-state index contributed by atoms with van der Waals surface area (Å²) in [6.45, 7) is 3.75. The summed E-state index contributed by atoms with van der Waals surface area (Å²) in [7, 11) is 0. The molecule has 0 aliphatic carbocycles. The number of fused-ring (bicyclic) bond motifs is 1. The molecular formula is C13H14N2O3. The molecule has 0 atom stereocenters. The molecule has 0 saturated heterocycles. The fourth-order valence-corrected chi connectivity index (χ4v) is 1.64. The third kappa shape index (κ3) is 2.34. The summed E-state index contributed by atoms with van der Waals surface area (Å²) in [6, 6.07) is 9.45. The van der Waals surface area contributed by atoms with Gasteiger partial charge < -0.3 is 9.52 Å². The molecule has 1 amide bonds. The number of amides is 1. The van der Waals surface area contributed by atoms with Crippen molar-refractivity contribution in [2.24, 2.45) is 5.10 Å². The number of nitrogens with zero attached hydrogens (tertiary/aromatic N) is 2. The zero-order chi connectivity index (χ0) is 13.1. The van der Waals surface area contributed by atoms with Crippen molar-refractivity contribution in [2.75, 3.05) is 6.54 Å². The van der Waals surface area contributed by atoms with Crippen molar-refractivity contribution >= 4 is 22.8 Å². The lowest BCUT2D eigenvalue weighted by Gasteiger charge is -2.10. The van der Waals surface area contributed by atoms with Gasteiger partial charge in [0.2, 0.25) is 0 Å². The molecule has 0 aliphatic rings. The van der Waals surface area contributed by atoms with Gasteiger partial charge in [-0.25, -0.2) is 4.79 Å². The molecule has 1 heterocycles. The van der Waals surface area contributed by atoms with Crippen molar-refractivity contribution in [1.82, 2.24) is 5.01 Å². The SMILES string of the molecule is CCN(/N=C(/C)c1cc2ccccc2o1)C(=O)O. The van der Waals surface area contributed by atoms with Crippen molar-refractivity contribution in [3.05, 3.63) is 36.1 Å². The second-order valence-electron chi connectivity index (χ2n) is 3.83. The Kier molecular flexibility index (Phi) is 3.32. The van der Waals surface area contributed by atoms with Crippen LogP contribution >= 0.6 is 0 Å². The molecule has 1 aromatic carbocycles. The van der Waals surface area contributed by atoms with Crippen LogP contribution in [0.15, 0.2) is 39.9 Å². The maximum atomic E-state index is 10.9. The maximum Gasteiger partial charge on any atom is 0.427 e. The lowest BCUT2D eigenvalue weighted by Crippen LogP contribution is -2.24. The molecular weight excluding hydrogens is 232 g/mol. The Morgan fingerprint density at radius 3 is 2.78 bits per heavy atom. The van der Waals surface area contributed by atoms with Crippen molar-refractivity contribution in [3.8, 4) is 0 Å². The molecule has 0 fully saturated rings. The number of furan rings is 1. The summed E-state index contributed by atoms with van der Waals surface area (Å²) in [5.74, 6) is 0.580. The normalized spacial score (nSPS) is 11.8. The molecule has 0 unspecified atom stereocenters. The second-order valence-corrected chi connectivity index (χ2v) is 3.83. The van der Waals surface area contributed by atoms with Gasteiger partial charge in [-0.05, 0) is 26.0 Å². The van der Waals surface area contributed by atoms with Crippen LogP contribution in [0.5, 0.6) is 0 Å². The number of hydrogen-bond acceptors (Lipinski definition) is 3.